The minimum Gasteiger partial charge on any atom is -0.0617 e. The van der Waals surface area contributed by atoms with Gasteiger partial charge < -0.3 is 0 Å². The predicted molar refractivity (Wildman–Crippen MR) is 107 cm³/mol. The van der Waals surface area contributed by atoms with E-state index in [0.717, 1.165) is 6.42 Å². The molecule has 3 aliphatic carbocycles. The fourth-order valence-corrected chi connectivity index (χ4v) is 3.74. The Morgan fingerprint density at radius 2 is 1.00 bits per heavy atom. The standard InChI is InChI=1S/C25H18/c1-2-6-18(5-1)13-20-9-11-22-17-23-12-10-21(14-19-7-3-4-8-19)16-25(23)24(22)15-20/h1-16H,17H2. The molecule has 118 valence electrons. The first-order chi connectivity index (χ1) is 12.3. The predicted octanol–water partition coefficient (Wildman–Crippen LogP) is 6.28. The molecule has 0 heterocycles. The topological polar surface area (TPSA) is 0 Å². The second-order valence-corrected chi connectivity index (χ2v) is 6.74. The normalized spacial score (nSPS) is 15.8. The number of hydrogen-bond acceptors (Lipinski definition) is 0. The van der Waals surface area contributed by atoms with Crippen LogP contribution in [0, 0.1) is 0 Å². The molecule has 0 spiro atoms. The Hall–Kier alpha value is -3.12. The minimum absolute atomic E-state index is 1.04. The largest absolute Gasteiger partial charge is 0.0617 e. The van der Waals surface area contributed by atoms with Crippen molar-refractivity contribution in [3.63, 3.8) is 0 Å². The molecule has 0 amide bonds. The van der Waals surface area contributed by atoms with Crippen LogP contribution < -0.4 is 0 Å². The van der Waals surface area contributed by atoms with Crippen molar-refractivity contribution in [3.8, 4) is 11.1 Å². The molecule has 0 atom stereocenters. The zero-order valence-corrected chi connectivity index (χ0v) is 13.9. The van der Waals surface area contributed by atoms with Gasteiger partial charge in [-0.25, -0.2) is 0 Å². The van der Waals surface area contributed by atoms with Crippen LogP contribution in [0.25, 0.3) is 23.3 Å². The van der Waals surface area contributed by atoms with Crippen LogP contribution in [0.3, 0.4) is 0 Å². The molecule has 0 heteroatoms. The minimum atomic E-state index is 1.04. The van der Waals surface area contributed by atoms with Crippen LogP contribution in [0.15, 0.2) is 96.2 Å². The molecule has 2 aromatic carbocycles. The van der Waals surface area contributed by atoms with E-state index in [1.165, 1.54) is 44.5 Å². The van der Waals surface area contributed by atoms with Crippen LogP contribution in [-0.2, 0) is 6.42 Å². The van der Waals surface area contributed by atoms with Gasteiger partial charge in [-0.2, -0.15) is 0 Å². The van der Waals surface area contributed by atoms with Gasteiger partial charge in [0.25, 0.3) is 0 Å². The van der Waals surface area contributed by atoms with Gasteiger partial charge in [-0.3, -0.25) is 0 Å². The molecule has 0 nitrogen and oxygen atoms in total. The molecule has 5 rings (SSSR count). The number of fused-ring (bicyclic) bond motifs is 3. The van der Waals surface area contributed by atoms with Crippen molar-refractivity contribution in [2.45, 2.75) is 6.42 Å². The van der Waals surface area contributed by atoms with Gasteiger partial charge >= 0.3 is 0 Å². The van der Waals surface area contributed by atoms with Crippen LogP contribution in [0.4, 0.5) is 0 Å². The molecule has 0 aromatic heterocycles. The molecule has 0 saturated heterocycles. The van der Waals surface area contributed by atoms with Crippen molar-refractivity contribution >= 4 is 12.2 Å². The first-order valence-corrected chi connectivity index (χ1v) is 8.74. The highest BCUT2D eigenvalue weighted by atomic mass is 14.2. The third kappa shape index (κ3) is 2.66. The lowest BCUT2D eigenvalue weighted by Gasteiger charge is -2.05. The highest BCUT2D eigenvalue weighted by Gasteiger charge is 2.18. The van der Waals surface area contributed by atoms with Gasteiger partial charge in [-0.15, -0.1) is 0 Å². The first kappa shape index (κ1) is 14.2. The number of allylic oxidation sites excluding steroid dienone is 10. The Morgan fingerprint density at radius 1 is 0.560 bits per heavy atom. The third-order valence-corrected chi connectivity index (χ3v) is 4.98. The molecule has 0 radical (unpaired) electrons. The van der Waals surface area contributed by atoms with E-state index in [1.54, 1.807) is 0 Å². The second kappa shape index (κ2) is 5.75. The van der Waals surface area contributed by atoms with E-state index in [-0.39, 0.29) is 0 Å². The summed E-state index contributed by atoms with van der Waals surface area (Å²) >= 11 is 0. The average Bonchev–Trinajstić information content (AvgIpc) is 3.36. The summed E-state index contributed by atoms with van der Waals surface area (Å²) in [5.41, 5.74) is 10.7. The van der Waals surface area contributed by atoms with Crippen molar-refractivity contribution in [2.75, 3.05) is 0 Å². The molecule has 2 aromatic rings. The van der Waals surface area contributed by atoms with Gasteiger partial charge in [-0.1, -0.05) is 72.9 Å². The molecule has 0 unspecified atom stereocenters. The summed E-state index contributed by atoms with van der Waals surface area (Å²) in [4.78, 5) is 0. The maximum absolute atomic E-state index is 2.33. The lowest BCUT2D eigenvalue weighted by atomic mass is 9.99. The average molecular weight is 318 g/mol. The van der Waals surface area contributed by atoms with Crippen LogP contribution >= 0.6 is 0 Å². The SMILES string of the molecule is C1=CC(=Cc2ccc3c(c2)-c2cc(C=C4C=CC=C4)ccc2C3)C=C1. The number of benzene rings is 2. The molecule has 0 fully saturated rings. The zero-order valence-electron chi connectivity index (χ0n) is 13.9. The molecular formula is C25H18. The molecular weight excluding hydrogens is 300 g/mol. The monoisotopic (exact) mass is 318 g/mol. The molecule has 25 heavy (non-hydrogen) atoms. The van der Waals surface area contributed by atoms with E-state index >= 15 is 0 Å². The smallest absolute Gasteiger partial charge is 0.00134 e. The Bertz CT molecular complexity index is 936. The van der Waals surface area contributed by atoms with E-state index in [0.29, 0.717) is 0 Å². The quantitative estimate of drug-likeness (QED) is 0.522. The Morgan fingerprint density at radius 3 is 1.44 bits per heavy atom. The summed E-state index contributed by atoms with van der Waals surface area (Å²) in [7, 11) is 0. The molecule has 0 N–H and O–H groups in total. The maximum atomic E-state index is 2.33. The van der Waals surface area contributed by atoms with Gasteiger partial charge in [0.15, 0.2) is 0 Å². The summed E-state index contributed by atoms with van der Waals surface area (Å²) in [6.07, 6.45) is 22.5. The van der Waals surface area contributed by atoms with E-state index in [1.807, 2.05) is 0 Å². The maximum Gasteiger partial charge on any atom is -0.00134 e. The fourth-order valence-electron chi connectivity index (χ4n) is 3.74. The lowest BCUT2D eigenvalue weighted by molar-refractivity contribution is 1.26. The lowest BCUT2D eigenvalue weighted by Crippen LogP contribution is -1.82. The summed E-state index contributed by atoms with van der Waals surface area (Å²) < 4.78 is 0. The molecule has 0 saturated carbocycles. The van der Waals surface area contributed by atoms with E-state index in [2.05, 4.69) is 97.2 Å². The van der Waals surface area contributed by atoms with E-state index in [4.69, 9.17) is 0 Å². The first-order valence-electron chi connectivity index (χ1n) is 8.74. The zero-order chi connectivity index (χ0) is 16.6. The summed E-state index contributed by atoms with van der Waals surface area (Å²) in [5.74, 6) is 0. The second-order valence-electron chi connectivity index (χ2n) is 6.74. The van der Waals surface area contributed by atoms with Crippen molar-refractivity contribution in [1.29, 1.82) is 0 Å². The number of hydrogen-bond donors (Lipinski definition) is 0. The van der Waals surface area contributed by atoms with Gasteiger partial charge in [0.2, 0.25) is 0 Å². The van der Waals surface area contributed by atoms with Crippen molar-refractivity contribution in [1.82, 2.24) is 0 Å². The van der Waals surface area contributed by atoms with Crippen LogP contribution in [-0.4, -0.2) is 0 Å². The fraction of sp³-hybridized carbons (Fsp3) is 0.0400. The summed E-state index contributed by atoms with van der Waals surface area (Å²) in [5, 5.41) is 0. The van der Waals surface area contributed by atoms with Gasteiger partial charge in [0.05, 0.1) is 0 Å². The van der Waals surface area contributed by atoms with Gasteiger partial charge in [-0.05, 0) is 75.2 Å². The van der Waals surface area contributed by atoms with E-state index in [9.17, 15) is 0 Å². The molecule has 3 aliphatic rings. The Balaban J connectivity index is 1.56. The Labute approximate surface area is 148 Å². The van der Waals surface area contributed by atoms with Crippen LogP contribution in [0.5, 0.6) is 0 Å². The highest BCUT2D eigenvalue weighted by molar-refractivity contribution is 5.81. The van der Waals surface area contributed by atoms with Crippen molar-refractivity contribution < 1.29 is 0 Å². The summed E-state index contributed by atoms with van der Waals surface area (Å²) in [6, 6.07) is 13.7. The molecule has 0 aliphatic heterocycles. The van der Waals surface area contributed by atoms with Crippen LogP contribution in [0.1, 0.15) is 22.3 Å². The van der Waals surface area contributed by atoms with Crippen LogP contribution in [0.2, 0.25) is 0 Å². The van der Waals surface area contributed by atoms with Gasteiger partial charge in [0.1, 0.15) is 0 Å². The third-order valence-electron chi connectivity index (χ3n) is 4.98. The van der Waals surface area contributed by atoms with Crippen molar-refractivity contribution in [2.24, 2.45) is 0 Å². The Kier molecular flexibility index (Phi) is 3.28. The number of rotatable bonds is 2. The highest BCUT2D eigenvalue weighted by Crippen LogP contribution is 2.38. The van der Waals surface area contributed by atoms with E-state index < -0.39 is 0 Å². The van der Waals surface area contributed by atoms with Crippen molar-refractivity contribution in [3.05, 3.63) is 118 Å². The van der Waals surface area contributed by atoms with Gasteiger partial charge in [0, 0.05) is 0 Å². The summed E-state index contributed by atoms with van der Waals surface area (Å²) in [6.45, 7) is 0. The molecule has 0 bridgehead atoms.